The normalized spacial score (nSPS) is 14.9. The van der Waals surface area contributed by atoms with E-state index in [0.29, 0.717) is 25.4 Å². The maximum atomic E-state index is 13.3. The zero-order valence-electron chi connectivity index (χ0n) is 7.74. The third-order valence-corrected chi connectivity index (χ3v) is 2.26. The van der Waals surface area contributed by atoms with Crippen molar-refractivity contribution in [2.24, 2.45) is 0 Å². The number of nitrogens with zero attached hydrogens (tertiary/aromatic N) is 1. The van der Waals surface area contributed by atoms with Crippen LogP contribution in [0.4, 0.5) is 10.1 Å². The van der Waals surface area contributed by atoms with Crippen LogP contribution >= 0.6 is 0 Å². The van der Waals surface area contributed by atoms with Gasteiger partial charge in [0.2, 0.25) is 0 Å². The first kappa shape index (κ1) is 9.27. The van der Waals surface area contributed by atoms with E-state index in [-0.39, 0.29) is 12.4 Å². The molecular weight excluding hydrogens is 185 g/mol. The van der Waals surface area contributed by atoms with Crippen LogP contribution in [0, 0.1) is 5.82 Å². The zero-order chi connectivity index (χ0) is 9.97. The number of β-amino-alcohol motifs (C(OH)–C–C–N with tert-alkyl or cyclic N) is 1. The average Bonchev–Trinajstić information content (AvgIpc) is 2.20. The number of benzene rings is 1. The number of ether oxygens (including phenoxy) is 1. The standard InChI is InChI=1S/C10H12FNO2/c11-8-2-1-3-9-10(8)14-7-5-12(9)4-6-13/h1-3,13H,4-7H2. The van der Waals surface area contributed by atoms with E-state index in [4.69, 9.17) is 9.84 Å². The molecule has 0 aliphatic carbocycles. The highest BCUT2D eigenvalue weighted by Gasteiger charge is 2.20. The van der Waals surface area contributed by atoms with Gasteiger partial charge in [0.15, 0.2) is 11.6 Å². The second-order valence-corrected chi connectivity index (χ2v) is 3.15. The Morgan fingerprint density at radius 3 is 3.14 bits per heavy atom. The van der Waals surface area contributed by atoms with Crippen LogP contribution in [0.2, 0.25) is 0 Å². The first-order valence-electron chi connectivity index (χ1n) is 4.60. The summed E-state index contributed by atoms with van der Waals surface area (Å²) >= 11 is 0. The maximum absolute atomic E-state index is 13.3. The Morgan fingerprint density at radius 2 is 2.36 bits per heavy atom. The summed E-state index contributed by atoms with van der Waals surface area (Å²) < 4.78 is 18.5. The second-order valence-electron chi connectivity index (χ2n) is 3.15. The van der Waals surface area contributed by atoms with Gasteiger partial charge in [0, 0.05) is 6.54 Å². The maximum Gasteiger partial charge on any atom is 0.178 e. The summed E-state index contributed by atoms with van der Waals surface area (Å²) in [6, 6.07) is 4.82. The molecule has 0 fully saturated rings. The minimum atomic E-state index is -0.342. The van der Waals surface area contributed by atoms with Crippen LogP contribution in [-0.2, 0) is 0 Å². The van der Waals surface area contributed by atoms with Crippen molar-refractivity contribution in [2.45, 2.75) is 0 Å². The van der Waals surface area contributed by atoms with Crippen molar-refractivity contribution in [1.82, 2.24) is 0 Å². The first-order valence-corrected chi connectivity index (χ1v) is 4.60. The number of hydrogen-bond acceptors (Lipinski definition) is 3. The fraction of sp³-hybridized carbons (Fsp3) is 0.400. The van der Waals surface area contributed by atoms with Gasteiger partial charge >= 0.3 is 0 Å². The predicted octanol–water partition coefficient (Wildman–Crippen LogP) is 1.02. The number of hydrogen-bond donors (Lipinski definition) is 1. The number of fused-ring (bicyclic) bond motifs is 1. The number of aliphatic hydroxyl groups excluding tert-OH is 1. The molecule has 0 bridgehead atoms. The van der Waals surface area contributed by atoms with Crippen molar-refractivity contribution in [3.05, 3.63) is 24.0 Å². The van der Waals surface area contributed by atoms with Gasteiger partial charge < -0.3 is 14.7 Å². The van der Waals surface area contributed by atoms with Crippen LogP contribution < -0.4 is 9.64 Å². The van der Waals surface area contributed by atoms with Gasteiger partial charge in [-0.05, 0) is 12.1 Å². The highest BCUT2D eigenvalue weighted by Crippen LogP contribution is 2.33. The van der Waals surface area contributed by atoms with Crippen LogP contribution in [0.3, 0.4) is 0 Å². The molecule has 1 aliphatic rings. The lowest BCUT2D eigenvalue weighted by molar-refractivity contribution is 0.270. The largest absolute Gasteiger partial charge is 0.486 e. The lowest BCUT2D eigenvalue weighted by Gasteiger charge is -2.30. The van der Waals surface area contributed by atoms with Crippen LogP contribution in [0.15, 0.2) is 18.2 Å². The van der Waals surface area contributed by atoms with E-state index >= 15 is 0 Å². The van der Waals surface area contributed by atoms with Crippen molar-refractivity contribution in [1.29, 1.82) is 0 Å². The van der Waals surface area contributed by atoms with E-state index in [9.17, 15) is 4.39 Å². The van der Waals surface area contributed by atoms with Crippen LogP contribution in [0.5, 0.6) is 5.75 Å². The molecule has 0 amide bonds. The summed E-state index contributed by atoms with van der Waals surface area (Å²) in [5.41, 5.74) is 0.727. The van der Waals surface area contributed by atoms with Gasteiger partial charge in [-0.2, -0.15) is 0 Å². The van der Waals surface area contributed by atoms with Gasteiger partial charge in [-0.25, -0.2) is 4.39 Å². The molecule has 0 saturated heterocycles. The lowest BCUT2D eigenvalue weighted by Crippen LogP contribution is -2.35. The van der Waals surface area contributed by atoms with Crippen LogP contribution in [0.1, 0.15) is 0 Å². The van der Waals surface area contributed by atoms with Crippen molar-refractivity contribution >= 4 is 5.69 Å². The van der Waals surface area contributed by atoms with E-state index < -0.39 is 0 Å². The monoisotopic (exact) mass is 197 g/mol. The Morgan fingerprint density at radius 1 is 1.50 bits per heavy atom. The van der Waals surface area contributed by atoms with E-state index in [1.165, 1.54) is 6.07 Å². The Bertz CT molecular complexity index is 330. The fourth-order valence-corrected chi connectivity index (χ4v) is 1.62. The molecule has 1 N–H and O–H groups in total. The molecule has 1 aromatic rings. The molecule has 3 nitrogen and oxygen atoms in total. The minimum absolute atomic E-state index is 0.0654. The number of para-hydroxylation sites is 1. The average molecular weight is 197 g/mol. The number of halogens is 1. The first-order chi connectivity index (χ1) is 6.83. The molecule has 0 aromatic heterocycles. The fourth-order valence-electron chi connectivity index (χ4n) is 1.62. The van der Waals surface area contributed by atoms with Crippen molar-refractivity contribution in [2.75, 3.05) is 31.2 Å². The van der Waals surface area contributed by atoms with E-state index in [1.807, 2.05) is 4.90 Å². The topological polar surface area (TPSA) is 32.7 Å². The summed E-state index contributed by atoms with van der Waals surface area (Å²) in [6.07, 6.45) is 0. The summed E-state index contributed by atoms with van der Waals surface area (Å²) in [5, 5.41) is 8.84. The number of aliphatic hydroxyl groups is 1. The van der Waals surface area contributed by atoms with Crippen LogP contribution in [0.25, 0.3) is 0 Å². The van der Waals surface area contributed by atoms with Gasteiger partial charge in [-0.3, -0.25) is 0 Å². The molecule has 4 heteroatoms. The van der Waals surface area contributed by atoms with Gasteiger partial charge in [-0.1, -0.05) is 6.07 Å². The van der Waals surface area contributed by atoms with Gasteiger partial charge in [0.05, 0.1) is 18.8 Å². The Labute approximate surface area is 81.7 Å². The summed E-state index contributed by atoms with van der Waals surface area (Å²) in [4.78, 5) is 1.92. The summed E-state index contributed by atoms with van der Waals surface area (Å²) in [6.45, 7) is 1.74. The Hall–Kier alpha value is -1.29. The number of rotatable bonds is 2. The Balaban J connectivity index is 2.34. The van der Waals surface area contributed by atoms with Gasteiger partial charge in [0.25, 0.3) is 0 Å². The zero-order valence-corrected chi connectivity index (χ0v) is 7.74. The van der Waals surface area contributed by atoms with E-state index in [1.54, 1.807) is 12.1 Å². The molecule has 14 heavy (non-hydrogen) atoms. The molecular formula is C10H12FNO2. The molecule has 0 spiro atoms. The van der Waals surface area contributed by atoms with Gasteiger partial charge in [0.1, 0.15) is 6.61 Å². The molecule has 1 aliphatic heterocycles. The summed E-state index contributed by atoms with van der Waals surface area (Å²) in [7, 11) is 0. The molecule has 2 rings (SSSR count). The van der Waals surface area contributed by atoms with Gasteiger partial charge in [-0.15, -0.1) is 0 Å². The molecule has 0 radical (unpaired) electrons. The number of anilines is 1. The molecule has 0 saturated carbocycles. The van der Waals surface area contributed by atoms with E-state index in [2.05, 4.69) is 0 Å². The van der Waals surface area contributed by atoms with Crippen molar-refractivity contribution in [3.63, 3.8) is 0 Å². The molecule has 0 unspecified atom stereocenters. The SMILES string of the molecule is OCCN1CCOc2c(F)cccc21. The smallest absolute Gasteiger partial charge is 0.178 e. The third kappa shape index (κ3) is 1.53. The quantitative estimate of drug-likeness (QED) is 0.768. The molecule has 0 atom stereocenters. The lowest BCUT2D eigenvalue weighted by atomic mass is 10.2. The van der Waals surface area contributed by atoms with Crippen molar-refractivity contribution < 1.29 is 14.2 Å². The highest BCUT2D eigenvalue weighted by atomic mass is 19.1. The second kappa shape index (κ2) is 3.84. The van der Waals surface area contributed by atoms with Crippen molar-refractivity contribution in [3.8, 4) is 5.75 Å². The molecule has 1 heterocycles. The Kier molecular flexibility index (Phi) is 2.54. The van der Waals surface area contributed by atoms with Crippen LogP contribution in [-0.4, -0.2) is 31.4 Å². The molecule has 76 valence electrons. The molecule has 1 aromatic carbocycles. The summed E-state index contributed by atoms with van der Waals surface area (Å²) in [5.74, 6) is -0.0441. The highest BCUT2D eigenvalue weighted by molar-refractivity contribution is 5.60. The third-order valence-electron chi connectivity index (χ3n) is 2.26. The predicted molar refractivity (Wildman–Crippen MR) is 51.2 cm³/mol. The minimum Gasteiger partial charge on any atom is -0.486 e. The van der Waals surface area contributed by atoms with E-state index in [0.717, 1.165) is 5.69 Å².